The number of alkyl halides is 3. The molecule has 0 amide bonds. The molecule has 118 valence electrons. The number of hydrogen-bond donors (Lipinski definition) is 2. The van der Waals surface area contributed by atoms with Crippen LogP contribution in [0.15, 0.2) is 18.2 Å². The van der Waals surface area contributed by atoms with Gasteiger partial charge in [-0.25, -0.2) is 4.39 Å². The van der Waals surface area contributed by atoms with Gasteiger partial charge in [-0.1, -0.05) is 0 Å². The molecule has 0 spiro atoms. The molecule has 2 N–H and O–H groups in total. The van der Waals surface area contributed by atoms with Gasteiger partial charge in [0, 0.05) is 13.1 Å². The Morgan fingerprint density at radius 2 is 1.86 bits per heavy atom. The van der Waals surface area contributed by atoms with Crippen LogP contribution >= 0.6 is 11.8 Å². The number of rotatable bonds is 4. The maximum Gasteiger partial charge on any atom is 0.416 e. The third-order valence-electron chi connectivity index (χ3n) is 3.49. The van der Waals surface area contributed by atoms with E-state index in [-0.39, 0.29) is 12.1 Å². The molecule has 0 atom stereocenters. The molecule has 1 saturated heterocycles. The molecule has 21 heavy (non-hydrogen) atoms. The summed E-state index contributed by atoms with van der Waals surface area (Å²) in [5.41, 5.74) is -1.59. The third-order valence-corrected chi connectivity index (χ3v) is 4.48. The highest BCUT2D eigenvalue weighted by atomic mass is 32.2. The molecule has 1 aromatic rings. The van der Waals surface area contributed by atoms with Crippen LogP contribution in [0.25, 0.3) is 0 Å². The third kappa shape index (κ3) is 4.86. The van der Waals surface area contributed by atoms with E-state index in [9.17, 15) is 22.7 Å². The van der Waals surface area contributed by atoms with E-state index in [0.29, 0.717) is 25.5 Å². The van der Waals surface area contributed by atoms with Crippen molar-refractivity contribution >= 4 is 11.8 Å². The summed E-state index contributed by atoms with van der Waals surface area (Å²) >= 11 is 1.77. The maximum absolute atomic E-state index is 13.2. The highest BCUT2D eigenvalue weighted by Gasteiger charge is 2.32. The Morgan fingerprint density at radius 3 is 2.48 bits per heavy atom. The average molecular weight is 323 g/mol. The fraction of sp³-hybridized carbons (Fsp3) is 0.571. The molecule has 7 heteroatoms. The first-order valence-electron chi connectivity index (χ1n) is 6.66. The van der Waals surface area contributed by atoms with Gasteiger partial charge in [0.05, 0.1) is 11.2 Å². The summed E-state index contributed by atoms with van der Waals surface area (Å²) in [6, 6.07) is 2.48. The smallest absolute Gasteiger partial charge is 0.389 e. The van der Waals surface area contributed by atoms with Crippen molar-refractivity contribution in [2.24, 2.45) is 0 Å². The zero-order chi connectivity index (χ0) is 15.5. The second kappa shape index (κ2) is 6.54. The van der Waals surface area contributed by atoms with Gasteiger partial charge in [0.2, 0.25) is 0 Å². The van der Waals surface area contributed by atoms with Crippen LogP contribution in [0.3, 0.4) is 0 Å². The van der Waals surface area contributed by atoms with Crippen molar-refractivity contribution in [2.45, 2.75) is 31.2 Å². The minimum Gasteiger partial charge on any atom is -0.389 e. The first-order chi connectivity index (χ1) is 9.78. The Hall–Kier alpha value is -0.790. The summed E-state index contributed by atoms with van der Waals surface area (Å²) in [7, 11) is 0. The Labute approximate surface area is 124 Å². The molecular formula is C14H17F4NOS. The molecule has 0 radical (unpaired) electrons. The van der Waals surface area contributed by atoms with E-state index < -0.39 is 23.2 Å². The van der Waals surface area contributed by atoms with E-state index in [0.717, 1.165) is 23.6 Å². The predicted octanol–water partition coefficient (Wildman–Crippen LogP) is 3.19. The van der Waals surface area contributed by atoms with Crippen molar-refractivity contribution in [3.05, 3.63) is 35.1 Å². The van der Waals surface area contributed by atoms with Gasteiger partial charge in [-0.15, -0.1) is 0 Å². The lowest BCUT2D eigenvalue weighted by atomic mass is 9.97. The molecule has 1 aliphatic heterocycles. The molecular weight excluding hydrogens is 306 g/mol. The summed E-state index contributed by atoms with van der Waals surface area (Å²) in [6.45, 7) is 0.391. The average Bonchev–Trinajstić information content (AvgIpc) is 2.37. The summed E-state index contributed by atoms with van der Waals surface area (Å²) in [4.78, 5) is 0. The van der Waals surface area contributed by atoms with Crippen LogP contribution in [-0.2, 0) is 12.7 Å². The minimum atomic E-state index is -4.56. The number of aliphatic hydroxyl groups is 1. The molecule has 0 saturated carbocycles. The number of nitrogens with one attached hydrogen (secondary N) is 1. The van der Waals surface area contributed by atoms with Crippen molar-refractivity contribution in [2.75, 3.05) is 18.1 Å². The lowest BCUT2D eigenvalue weighted by Gasteiger charge is -2.32. The van der Waals surface area contributed by atoms with Crippen LogP contribution in [0.2, 0.25) is 0 Å². The quantitative estimate of drug-likeness (QED) is 0.835. The number of hydrogen-bond acceptors (Lipinski definition) is 3. The monoisotopic (exact) mass is 323 g/mol. The Kier molecular flexibility index (Phi) is 5.16. The van der Waals surface area contributed by atoms with Crippen LogP contribution in [0, 0.1) is 5.82 Å². The van der Waals surface area contributed by atoms with Crippen molar-refractivity contribution in [3.63, 3.8) is 0 Å². The molecule has 1 heterocycles. The largest absolute Gasteiger partial charge is 0.416 e. The molecule has 0 aromatic heterocycles. The van der Waals surface area contributed by atoms with E-state index >= 15 is 0 Å². The fourth-order valence-corrected chi connectivity index (χ4v) is 3.54. The lowest BCUT2D eigenvalue weighted by Crippen LogP contribution is -2.43. The Bertz CT molecular complexity index is 486. The minimum absolute atomic E-state index is 0.0935. The summed E-state index contributed by atoms with van der Waals surface area (Å²) in [5, 5.41) is 13.2. The zero-order valence-corrected chi connectivity index (χ0v) is 12.2. The lowest BCUT2D eigenvalue weighted by molar-refractivity contribution is -0.137. The van der Waals surface area contributed by atoms with Gasteiger partial charge in [0.25, 0.3) is 0 Å². The first-order valence-corrected chi connectivity index (χ1v) is 7.81. The van der Waals surface area contributed by atoms with Gasteiger partial charge in [0.15, 0.2) is 0 Å². The topological polar surface area (TPSA) is 32.3 Å². The van der Waals surface area contributed by atoms with Gasteiger partial charge in [-0.2, -0.15) is 24.9 Å². The van der Waals surface area contributed by atoms with E-state index in [1.807, 2.05) is 0 Å². The van der Waals surface area contributed by atoms with Crippen molar-refractivity contribution in [1.29, 1.82) is 0 Å². The van der Waals surface area contributed by atoms with Gasteiger partial charge in [-0.3, -0.25) is 0 Å². The Morgan fingerprint density at radius 1 is 1.19 bits per heavy atom. The summed E-state index contributed by atoms with van der Waals surface area (Å²) < 4.78 is 51.0. The molecule has 1 aliphatic rings. The molecule has 1 fully saturated rings. The summed E-state index contributed by atoms with van der Waals surface area (Å²) in [5.74, 6) is 0.835. The Balaban J connectivity index is 1.95. The standard InChI is InChI=1S/C14H17F4NOS/c15-12-6-10(5-11(7-12)14(16,17)18)8-19-9-13(20)1-3-21-4-2-13/h5-7,19-20H,1-4,8-9H2. The van der Waals surface area contributed by atoms with Crippen LogP contribution in [0.5, 0.6) is 0 Å². The van der Waals surface area contributed by atoms with Gasteiger partial charge >= 0.3 is 6.18 Å². The van der Waals surface area contributed by atoms with Gasteiger partial charge in [0.1, 0.15) is 5.82 Å². The molecule has 0 unspecified atom stereocenters. The van der Waals surface area contributed by atoms with Crippen LogP contribution in [0.4, 0.5) is 17.6 Å². The van der Waals surface area contributed by atoms with Gasteiger partial charge in [-0.05, 0) is 48.1 Å². The van der Waals surface area contributed by atoms with Crippen molar-refractivity contribution in [1.82, 2.24) is 5.32 Å². The van der Waals surface area contributed by atoms with Crippen LogP contribution in [0.1, 0.15) is 24.0 Å². The SMILES string of the molecule is OC1(CNCc2cc(F)cc(C(F)(F)F)c2)CCSCC1. The maximum atomic E-state index is 13.2. The second-order valence-corrected chi connectivity index (χ2v) is 6.51. The van der Waals surface area contributed by atoms with Crippen molar-refractivity contribution < 1.29 is 22.7 Å². The first kappa shape index (κ1) is 16.6. The number of thioether (sulfide) groups is 1. The number of benzene rings is 1. The van der Waals surface area contributed by atoms with E-state index in [2.05, 4.69) is 5.32 Å². The molecule has 0 bridgehead atoms. The molecule has 0 aliphatic carbocycles. The highest BCUT2D eigenvalue weighted by Crippen LogP contribution is 2.30. The van der Waals surface area contributed by atoms with E-state index in [1.54, 1.807) is 11.8 Å². The molecule has 2 rings (SSSR count). The highest BCUT2D eigenvalue weighted by molar-refractivity contribution is 7.99. The normalized spacial score (nSPS) is 18.7. The van der Waals surface area contributed by atoms with Crippen LogP contribution < -0.4 is 5.32 Å². The van der Waals surface area contributed by atoms with Crippen LogP contribution in [-0.4, -0.2) is 28.8 Å². The van der Waals surface area contributed by atoms with E-state index in [1.165, 1.54) is 0 Å². The summed E-state index contributed by atoms with van der Waals surface area (Å²) in [6.07, 6.45) is -3.25. The van der Waals surface area contributed by atoms with Crippen molar-refractivity contribution in [3.8, 4) is 0 Å². The molecule has 2 nitrogen and oxygen atoms in total. The van der Waals surface area contributed by atoms with E-state index in [4.69, 9.17) is 0 Å². The predicted molar refractivity (Wildman–Crippen MR) is 74.6 cm³/mol. The zero-order valence-electron chi connectivity index (χ0n) is 11.3. The number of halogens is 4. The molecule has 1 aromatic carbocycles. The second-order valence-electron chi connectivity index (χ2n) is 5.29. The van der Waals surface area contributed by atoms with Gasteiger partial charge < -0.3 is 10.4 Å². The fourth-order valence-electron chi connectivity index (χ4n) is 2.28.